The average Bonchev–Trinajstić information content (AvgIpc) is 2.86. The van der Waals surface area contributed by atoms with Crippen LogP contribution in [0.15, 0.2) is 30.3 Å². The van der Waals surface area contributed by atoms with Crippen molar-refractivity contribution in [3.8, 4) is 11.5 Å². The van der Waals surface area contributed by atoms with E-state index >= 15 is 0 Å². The highest BCUT2D eigenvalue weighted by molar-refractivity contribution is 5.96. The normalized spacial score (nSPS) is 12.8. The molecule has 0 saturated heterocycles. The zero-order valence-electron chi connectivity index (χ0n) is 14.6. The second kappa shape index (κ2) is 7.90. The summed E-state index contributed by atoms with van der Waals surface area (Å²) in [6.07, 6.45) is 0.654. The fourth-order valence-corrected chi connectivity index (χ4v) is 2.60. The third-order valence-electron chi connectivity index (χ3n) is 3.98. The van der Waals surface area contributed by atoms with Gasteiger partial charge in [-0.1, -0.05) is 6.07 Å². The van der Waals surface area contributed by atoms with Crippen LogP contribution < -0.4 is 20.1 Å². The number of benzene rings is 2. The number of fused-ring (bicyclic) bond motifs is 1. The van der Waals surface area contributed by atoms with Crippen molar-refractivity contribution < 1.29 is 23.6 Å². The second-order valence-electron chi connectivity index (χ2n) is 5.98. The molecule has 1 amide bonds. The van der Waals surface area contributed by atoms with E-state index in [1.807, 2.05) is 0 Å². The first-order valence-electron chi connectivity index (χ1n) is 8.32. The number of anilines is 2. The van der Waals surface area contributed by atoms with Gasteiger partial charge in [-0.3, -0.25) is 14.9 Å². The van der Waals surface area contributed by atoms with Gasteiger partial charge in [0.15, 0.2) is 11.5 Å². The van der Waals surface area contributed by atoms with E-state index in [9.17, 15) is 19.3 Å². The monoisotopic (exact) mass is 375 g/mol. The maximum Gasteiger partial charge on any atom is 0.296 e. The van der Waals surface area contributed by atoms with Gasteiger partial charge >= 0.3 is 0 Å². The quantitative estimate of drug-likeness (QED) is 0.614. The van der Waals surface area contributed by atoms with E-state index in [1.165, 1.54) is 24.3 Å². The van der Waals surface area contributed by atoms with Crippen LogP contribution in [-0.2, 0) is 4.79 Å². The number of rotatable bonds is 5. The third kappa shape index (κ3) is 4.43. The molecule has 9 heteroatoms. The zero-order valence-corrected chi connectivity index (χ0v) is 14.6. The Balaban J connectivity index is 1.75. The van der Waals surface area contributed by atoms with Crippen LogP contribution in [0.3, 0.4) is 0 Å². The average molecular weight is 375 g/mol. The van der Waals surface area contributed by atoms with E-state index in [-0.39, 0.29) is 23.7 Å². The molecule has 3 rings (SSSR count). The van der Waals surface area contributed by atoms with E-state index in [0.29, 0.717) is 31.1 Å². The molecule has 2 aromatic rings. The fourth-order valence-electron chi connectivity index (χ4n) is 2.60. The molecule has 0 unspecified atom stereocenters. The van der Waals surface area contributed by atoms with Gasteiger partial charge in [-0.25, -0.2) is 4.39 Å². The van der Waals surface area contributed by atoms with Crippen LogP contribution >= 0.6 is 0 Å². The highest BCUT2D eigenvalue weighted by Crippen LogP contribution is 2.39. The van der Waals surface area contributed by atoms with Crippen LogP contribution in [0.25, 0.3) is 0 Å². The molecule has 2 N–H and O–H groups in total. The van der Waals surface area contributed by atoms with Crippen molar-refractivity contribution in [2.75, 3.05) is 30.4 Å². The van der Waals surface area contributed by atoms with Gasteiger partial charge < -0.3 is 20.1 Å². The van der Waals surface area contributed by atoms with Crippen molar-refractivity contribution in [3.63, 3.8) is 0 Å². The van der Waals surface area contributed by atoms with Crippen LogP contribution in [0, 0.1) is 22.9 Å². The Bertz CT molecular complexity index is 888. The number of nitro groups is 1. The van der Waals surface area contributed by atoms with E-state index in [4.69, 9.17) is 9.47 Å². The molecule has 0 radical (unpaired) electrons. The van der Waals surface area contributed by atoms with Gasteiger partial charge in [-0.15, -0.1) is 0 Å². The molecule has 0 saturated carbocycles. The number of ether oxygens (including phenoxy) is 2. The molecule has 142 valence electrons. The number of hydrogen-bond acceptors (Lipinski definition) is 6. The highest BCUT2D eigenvalue weighted by atomic mass is 19.1. The number of nitrogens with one attached hydrogen (secondary N) is 2. The molecule has 8 nitrogen and oxygen atoms in total. The smallest absolute Gasteiger partial charge is 0.296 e. The molecule has 1 aliphatic rings. The lowest BCUT2D eigenvalue weighted by Gasteiger charge is -2.12. The topological polar surface area (TPSA) is 103 Å². The Morgan fingerprint density at radius 2 is 1.89 bits per heavy atom. The summed E-state index contributed by atoms with van der Waals surface area (Å²) in [7, 11) is 0. The summed E-state index contributed by atoms with van der Waals surface area (Å²) < 4.78 is 24.3. The number of hydrogen-bond donors (Lipinski definition) is 2. The predicted molar refractivity (Wildman–Crippen MR) is 97.0 cm³/mol. The summed E-state index contributed by atoms with van der Waals surface area (Å²) in [5, 5.41) is 16.6. The summed E-state index contributed by atoms with van der Waals surface area (Å²) in [6, 6.07) is 6.80. The molecular weight excluding hydrogens is 357 g/mol. The third-order valence-corrected chi connectivity index (χ3v) is 3.98. The largest absolute Gasteiger partial charge is 0.489 e. The SMILES string of the molecule is Cc1ccc(F)cc1NCC(=O)Nc1cc2c(cc1[N+](=O)[O-])OCCCO2. The van der Waals surface area contributed by atoms with Crippen molar-refractivity contribution in [2.24, 2.45) is 0 Å². The molecule has 0 atom stereocenters. The molecular formula is C18H18FN3O5. The zero-order chi connectivity index (χ0) is 19.4. The molecule has 0 fully saturated rings. The molecule has 27 heavy (non-hydrogen) atoms. The van der Waals surface area contributed by atoms with Gasteiger partial charge in [0, 0.05) is 18.2 Å². The minimum atomic E-state index is -0.603. The first-order chi connectivity index (χ1) is 12.9. The van der Waals surface area contributed by atoms with Gasteiger partial charge in [0.25, 0.3) is 5.69 Å². The van der Waals surface area contributed by atoms with Crippen molar-refractivity contribution >= 4 is 23.0 Å². The summed E-state index contributed by atoms with van der Waals surface area (Å²) in [6.45, 7) is 2.40. The Labute approximate surface area is 154 Å². The minimum absolute atomic E-state index is 0.00649. The van der Waals surface area contributed by atoms with Crippen molar-refractivity contribution in [1.82, 2.24) is 0 Å². The van der Waals surface area contributed by atoms with Gasteiger partial charge in [0.05, 0.1) is 30.7 Å². The lowest BCUT2D eigenvalue weighted by atomic mass is 10.2. The Morgan fingerprint density at radius 1 is 1.19 bits per heavy atom. The first kappa shape index (κ1) is 18.4. The number of carbonyl (C=O) groups excluding carboxylic acids is 1. The molecule has 0 aliphatic carbocycles. The van der Waals surface area contributed by atoms with Crippen molar-refractivity contribution in [2.45, 2.75) is 13.3 Å². The predicted octanol–water partition coefficient (Wildman–Crippen LogP) is 3.25. The van der Waals surface area contributed by atoms with Crippen LogP contribution in [0.4, 0.5) is 21.5 Å². The number of nitro benzene ring substituents is 1. The number of carbonyl (C=O) groups is 1. The van der Waals surface area contributed by atoms with E-state index in [0.717, 1.165) is 5.56 Å². The standard InChI is InChI=1S/C18H18FN3O5/c1-11-3-4-12(19)7-13(11)20-10-18(23)21-14-8-16-17(9-15(14)22(24)25)27-6-2-5-26-16/h3-4,7-9,20H,2,5-6,10H2,1H3,(H,21,23). The molecule has 0 bridgehead atoms. The minimum Gasteiger partial charge on any atom is -0.489 e. The van der Waals surface area contributed by atoms with Crippen LogP contribution in [-0.4, -0.2) is 30.6 Å². The number of aryl methyl sites for hydroxylation is 1. The van der Waals surface area contributed by atoms with Crippen LogP contribution in [0.5, 0.6) is 11.5 Å². The van der Waals surface area contributed by atoms with Crippen LogP contribution in [0.2, 0.25) is 0 Å². The summed E-state index contributed by atoms with van der Waals surface area (Å²) in [4.78, 5) is 23.0. The Kier molecular flexibility index (Phi) is 5.39. The number of amides is 1. The van der Waals surface area contributed by atoms with E-state index in [1.54, 1.807) is 13.0 Å². The van der Waals surface area contributed by atoms with Crippen LogP contribution in [0.1, 0.15) is 12.0 Å². The Morgan fingerprint density at radius 3 is 2.59 bits per heavy atom. The first-order valence-corrected chi connectivity index (χ1v) is 8.32. The maximum absolute atomic E-state index is 13.3. The van der Waals surface area contributed by atoms with Gasteiger partial charge in [0.1, 0.15) is 11.5 Å². The summed E-state index contributed by atoms with van der Waals surface area (Å²) in [5.74, 6) is -0.341. The lowest BCUT2D eigenvalue weighted by Crippen LogP contribution is -2.22. The lowest BCUT2D eigenvalue weighted by molar-refractivity contribution is -0.384. The number of nitrogens with zero attached hydrogens (tertiary/aromatic N) is 1. The number of halogens is 1. The molecule has 1 aliphatic heterocycles. The van der Waals surface area contributed by atoms with Crippen molar-refractivity contribution in [3.05, 3.63) is 51.8 Å². The maximum atomic E-state index is 13.3. The van der Waals surface area contributed by atoms with Gasteiger partial charge in [0.2, 0.25) is 5.91 Å². The molecule has 0 aromatic heterocycles. The fraction of sp³-hybridized carbons (Fsp3) is 0.278. The highest BCUT2D eigenvalue weighted by Gasteiger charge is 2.23. The van der Waals surface area contributed by atoms with Gasteiger partial charge in [-0.05, 0) is 24.6 Å². The molecule has 0 spiro atoms. The summed E-state index contributed by atoms with van der Waals surface area (Å²) in [5.41, 5.74) is 0.950. The Hall–Kier alpha value is -3.36. The summed E-state index contributed by atoms with van der Waals surface area (Å²) >= 11 is 0. The van der Waals surface area contributed by atoms with Gasteiger partial charge in [-0.2, -0.15) is 0 Å². The molecule has 1 heterocycles. The molecule has 2 aromatic carbocycles. The van der Waals surface area contributed by atoms with Crippen molar-refractivity contribution in [1.29, 1.82) is 0 Å². The van der Waals surface area contributed by atoms with E-state index < -0.39 is 16.6 Å². The second-order valence-corrected chi connectivity index (χ2v) is 5.98. The van der Waals surface area contributed by atoms with E-state index in [2.05, 4.69) is 10.6 Å².